The van der Waals surface area contributed by atoms with Gasteiger partial charge in [0.1, 0.15) is 12.2 Å². The van der Waals surface area contributed by atoms with Crippen LogP contribution in [0.25, 0.3) is 0 Å². The normalized spacial score (nSPS) is 40.2. The number of esters is 2. The van der Waals surface area contributed by atoms with Crippen molar-refractivity contribution < 1.29 is 19.1 Å². The molecule has 22 heavy (non-hydrogen) atoms. The van der Waals surface area contributed by atoms with Gasteiger partial charge in [-0.05, 0) is 24.7 Å². The van der Waals surface area contributed by atoms with E-state index in [-0.39, 0.29) is 35.2 Å². The highest BCUT2D eigenvalue weighted by Crippen LogP contribution is 2.62. The van der Waals surface area contributed by atoms with Crippen molar-refractivity contribution in [1.82, 2.24) is 0 Å². The average Bonchev–Trinajstić information content (AvgIpc) is 2.98. The van der Waals surface area contributed by atoms with Crippen LogP contribution >= 0.6 is 0 Å². The van der Waals surface area contributed by atoms with Crippen molar-refractivity contribution in [2.75, 3.05) is 0 Å². The van der Waals surface area contributed by atoms with Gasteiger partial charge in [0, 0.05) is 11.8 Å². The molecule has 0 aromatic rings. The van der Waals surface area contributed by atoms with Crippen LogP contribution in [0, 0.1) is 39.9 Å². The third-order valence-electron chi connectivity index (χ3n) is 5.34. The fraction of sp³-hybridized carbons (Fsp3) is 0.824. The molecular weight excluding hydrogens is 282 g/mol. The standard InChI is InChI=1S/C17H23NO4/c1-9(6-16(2,3)4)14(19)21-12-10-5-11-13(12)22-15(20)17(11,7-10)8-18/h9-13H,5-7H2,1-4H3. The zero-order valence-corrected chi connectivity index (χ0v) is 13.6. The lowest BCUT2D eigenvalue weighted by Gasteiger charge is -2.29. The molecule has 2 saturated carbocycles. The number of rotatable bonds is 3. The Morgan fingerprint density at radius 1 is 1.55 bits per heavy atom. The van der Waals surface area contributed by atoms with E-state index in [0.29, 0.717) is 6.42 Å². The largest absolute Gasteiger partial charge is 0.458 e. The van der Waals surface area contributed by atoms with Crippen LogP contribution in [0.3, 0.4) is 0 Å². The highest BCUT2D eigenvalue weighted by molar-refractivity contribution is 5.84. The molecule has 0 aromatic heterocycles. The maximum Gasteiger partial charge on any atom is 0.327 e. The third kappa shape index (κ3) is 2.12. The number of nitriles is 1. The molecule has 0 aromatic carbocycles. The van der Waals surface area contributed by atoms with Crippen molar-refractivity contribution in [2.24, 2.45) is 28.6 Å². The molecule has 3 fully saturated rings. The van der Waals surface area contributed by atoms with Gasteiger partial charge in [0.15, 0.2) is 5.41 Å². The Morgan fingerprint density at radius 3 is 2.82 bits per heavy atom. The Hall–Kier alpha value is -1.57. The summed E-state index contributed by atoms with van der Waals surface area (Å²) in [6.45, 7) is 8.15. The van der Waals surface area contributed by atoms with E-state index in [2.05, 4.69) is 26.8 Å². The average molecular weight is 305 g/mol. The number of fused-ring (bicyclic) bond motifs is 1. The Labute approximate surface area is 131 Å². The van der Waals surface area contributed by atoms with Crippen LogP contribution in [0.4, 0.5) is 0 Å². The van der Waals surface area contributed by atoms with Crippen LogP contribution in [0.1, 0.15) is 47.0 Å². The molecule has 0 radical (unpaired) electrons. The molecule has 1 aliphatic heterocycles. The van der Waals surface area contributed by atoms with Crippen molar-refractivity contribution in [1.29, 1.82) is 5.26 Å². The minimum absolute atomic E-state index is 0.0584. The van der Waals surface area contributed by atoms with E-state index in [4.69, 9.17) is 9.47 Å². The number of carbonyl (C=O) groups excluding carboxylic acids is 2. The summed E-state index contributed by atoms with van der Waals surface area (Å²) in [5.74, 6) is -0.860. The first kappa shape index (κ1) is 15.3. The summed E-state index contributed by atoms with van der Waals surface area (Å²) in [4.78, 5) is 24.3. The lowest BCUT2D eigenvalue weighted by molar-refractivity contribution is -0.166. The summed E-state index contributed by atoms with van der Waals surface area (Å²) in [5, 5.41) is 9.36. The number of nitrogens with zero attached hydrogens (tertiary/aromatic N) is 1. The van der Waals surface area contributed by atoms with Crippen LogP contribution in [0.15, 0.2) is 0 Å². The van der Waals surface area contributed by atoms with Crippen molar-refractivity contribution in [3.8, 4) is 6.07 Å². The topological polar surface area (TPSA) is 76.4 Å². The Morgan fingerprint density at radius 2 is 2.23 bits per heavy atom. The van der Waals surface area contributed by atoms with Crippen LogP contribution in [0.2, 0.25) is 0 Å². The predicted octanol–water partition coefficient (Wildman–Crippen LogP) is 2.45. The van der Waals surface area contributed by atoms with Crippen LogP contribution < -0.4 is 0 Å². The minimum Gasteiger partial charge on any atom is -0.458 e. The van der Waals surface area contributed by atoms with Gasteiger partial charge in [0.2, 0.25) is 0 Å². The lowest BCUT2D eigenvalue weighted by Crippen LogP contribution is -2.40. The fourth-order valence-electron chi connectivity index (χ4n) is 4.54. The molecule has 0 spiro atoms. The molecule has 6 unspecified atom stereocenters. The molecule has 0 amide bonds. The summed E-state index contributed by atoms with van der Waals surface area (Å²) >= 11 is 0. The zero-order valence-electron chi connectivity index (χ0n) is 13.6. The Bertz CT molecular complexity index is 558. The van der Waals surface area contributed by atoms with Crippen molar-refractivity contribution in [2.45, 2.75) is 59.2 Å². The number of carbonyl (C=O) groups is 2. The molecule has 3 aliphatic rings. The quantitative estimate of drug-likeness (QED) is 0.749. The zero-order chi connectivity index (χ0) is 16.3. The van der Waals surface area contributed by atoms with E-state index < -0.39 is 17.5 Å². The van der Waals surface area contributed by atoms with Gasteiger partial charge in [-0.3, -0.25) is 9.59 Å². The maximum absolute atomic E-state index is 12.3. The summed E-state index contributed by atoms with van der Waals surface area (Å²) in [7, 11) is 0. The second-order valence-corrected chi connectivity index (χ2v) is 8.33. The van der Waals surface area contributed by atoms with E-state index in [0.717, 1.165) is 12.8 Å². The van der Waals surface area contributed by atoms with Crippen LogP contribution in [0.5, 0.6) is 0 Å². The summed E-state index contributed by atoms with van der Waals surface area (Å²) in [5.41, 5.74) is -0.918. The molecule has 2 aliphatic carbocycles. The lowest BCUT2D eigenvalue weighted by atomic mass is 9.74. The molecule has 0 N–H and O–H groups in total. The smallest absolute Gasteiger partial charge is 0.327 e. The first-order valence-electron chi connectivity index (χ1n) is 8.01. The van der Waals surface area contributed by atoms with E-state index >= 15 is 0 Å². The molecular formula is C17H23NO4. The second kappa shape index (κ2) is 4.71. The van der Waals surface area contributed by atoms with Crippen LogP contribution in [-0.2, 0) is 19.1 Å². The number of hydrogen-bond acceptors (Lipinski definition) is 5. The highest BCUT2D eigenvalue weighted by atomic mass is 16.6. The van der Waals surface area contributed by atoms with Crippen molar-refractivity contribution >= 4 is 11.9 Å². The van der Waals surface area contributed by atoms with Gasteiger partial charge in [0.05, 0.1) is 12.0 Å². The summed E-state index contributed by atoms with van der Waals surface area (Å²) < 4.78 is 11.1. The van der Waals surface area contributed by atoms with Gasteiger partial charge >= 0.3 is 11.9 Å². The number of hydrogen-bond donors (Lipinski definition) is 0. The number of ether oxygens (including phenoxy) is 2. The molecule has 5 heteroatoms. The Balaban J connectivity index is 1.69. The van der Waals surface area contributed by atoms with Gasteiger partial charge in [-0.1, -0.05) is 27.7 Å². The molecule has 5 nitrogen and oxygen atoms in total. The van der Waals surface area contributed by atoms with Crippen molar-refractivity contribution in [3.05, 3.63) is 0 Å². The second-order valence-electron chi connectivity index (χ2n) is 8.33. The van der Waals surface area contributed by atoms with Gasteiger partial charge in [-0.2, -0.15) is 5.26 Å². The van der Waals surface area contributed by atoms with E-state index in [1.165, 1.54) is 0 Å². The van der Waals surface area contributed by atoms with Gasteiger partial charge < -0.3 is 9.47 Å². The van der Waals surface area contributed by atoms with E-state index in [1.807, 2.05) is 6.92 Å². The fourth-order valence-corrected chi connectivity index (χ4v) is 4.54. The maximum atomic E-state index is 12.3. The molecule has 2 bridgehead atoms. The monoisotopic (exact) mass is 305 g/mol. The van der Waals surface area contributed by atoms with E-state index in [9.17, 15) is 14.9 Å². The van der Waals surface area contributed by atoms with Crippen LogP contribution in [-0.4, -0.2) is 24.1 Å². The predicted molar refractivity (Wildman–Crippen MR) is 77.3 cm³/mol. The molecule has 1 saturated heterocycles. The molecule has 6 atom stereocenters. The van der Waals surface area contributed by atoms with Gasteiger partial charge in [-0.15, -0.1) is 0 Å². The summed E-state index contributed by atoms with van der Waals surface area (Å²) in [6.07, 6.45) is 1.17. The van der Waals surface area contributed by atoms with Gasteiger partial charge in [-0.25, -0.2) is 0 Å². The summed E-state index contributed by atoms with van der Waals surface area (Å²) in [6, 6.07) is 2.16. The molecule has 1 heterocycles. The van der Waals surface area contributed by atoms with Gasteiger partial charge in [0.25, 0.3) is 0 Å². The first-order chi connectivity index (χ1) is 10.2. The molecule has 120 valence electrons. The SMILES string of the molecule is CC(CC(C)(C)C)C(=O)OC1C2CC3C1OC(=O)C3(C#N)C2. The van der Waals surface area contributed by atoms with Crippen molar-refractivity contribution in [3.63, 3.8) is 0 Å². The third-order valence-corrected chi connectivity index (χ3v) is 5.34. The van der Waals surface area contributed by atoms with E-state index in [1.54, 1.807) is 0 Å². The minimum atomic E-state index is -0.977. The highest BCUT2D eigenvalue weighted by Gasteiger charge is 2.72. The Kier molecular flexibility index (Phi) is 3.28. The molecule has 3 rings (SSSR count). The first-order valence-corrected chi connectivity index (χ1v) is 8.01.